The van der Waals surface area contributed by atoms with Crippen LogP contribution in [0.4, 0.5) is 0 Å². The van der Waals surface area contributed by atoms with E-state index < -0.39 is 0 Å². The predicted octanol–water partition coefficient (Wildman–Crippen LogP) is 5.47. The molecule has 0 spiro atoms. The molecular weight excluding hydrogens is 380 g/mol. The summed E-state index contributed by atoms with van der Waals surface area (Å²) < 4.78 is 8.00. The van der Waals surface area contributed by atoms with Gasteiger partial charge in [-0.1, -0.05) is 43.5 Å². The number of aromatic nitrogens is 2. The molecule has 0 unspecified atom stereocenters. The van der Waals surface area contributed by atoms with Crippen LogP contribution >= 0.6 is 11.3 Å². The molecule has 29 heavy (non-hydrogen) atoms. The second-order valence-electron chi connectivity index (χ2n) is 7.28. The zero-order chi connectivity index (χ0) is 19.5. The zero-order valence-electron chi connectivity index (χ0n) is 16.1. The van der Waals surface area contributed by atoms with E-state index in [-0.39, 0.29) is 0 Å². The van der Waals surface area contributed by atoms with E-state index in [9.17, 15) is 0 Å². The highest BCUT2D eigenvalue weighted by Gasteiger charge is 2.16. The summed E-state index contributed by atoms with van der Waals surface area (Å²) in [6, 6.07) is 16.3. The van der Waals surface area contributed by atoms with Crippen molar-refractivity contribution < 1.29 is 4.42 Å². The van der Waals surface area contributed by atoms with Gasteiger partial charge in [0.05, 0.1) is 18.0 Å². The Morgan fingerprint density at radius 2 is 1.93 bits per heavy atom. The summed E-state index contributed by atoms with van der Waals surface area (Å²) in [5.74, 6) is 0.797. The van der Waals surface area contributed by atoms with Gasteiger partial charge in [0.25, 0.3) is 0 Å². The average molecular weight is 403 g/mol. The van der Waals surface area contributed by atoms with Gasteiger partial charge in [0.15, 0.2) is 5.76 Å². The quantitative estimate of drug-likeness (QED) is 0.425. The second-order valence-corrected chi connectivity index (χ2v) is 8.12. The van der Waals surface area contributed by atoms with Crippen LogP contribution in [-0.4, -0.2) is 21.9 Å². The molecule has 0 bridgehead atoms. The Morgan fingerprint density at radius 1 is 1.07 bits per heavy atom. The number of rotatable bonds is 4. The summed E-state index contributed by atoms with van der Waals surface area (Å²) in [4.78, 5) is 10.3. The Labute approximate surface area is 173 Å². The molecule has 146 valence electrons. The van der Waals surface area contributed by atoms with Crippen molar-refractivity contribution in [3.05, 3.63) is 70.6 Å². The number of hydrogen-bond donors (Lipinski definition) is 0. The largest absolute Gasteiger partial charge is 0.454 e. The van der Waals surface area contributed by atoms with Gasteiger partial charge < -0.3 is 4.42 Å². The lowest BCUT2D eigenvalue weighted by Crippen LogP contribution is -2.19. The van der Waals surface area contributed by atoms with Gasteiger partial charge in [0, 0.05) is 17.0 Å². The molecule has 4 aromatic rings. The molecule has 0 N–H and O–H groups in total. The molecule has 1 aliphatic carbocycles. The number of para-hydroxylation sites is 1. The molecule has 6 heteroatoms. The normalized spacial score (nSPS) is 16.2. The Kier molecular flexibility index (Phi) is 5.09. The molecule has 3 heterocycles. The minimum atomic E-state index is 0.377. The van der Waals surface area contributed by atoms with E-state index in [1.807, 2.05) is 41.1 Å². The molecule has 1 aliphatic rings. The van der Waals surface area contributed by atoms with Crippen LogP contribution in [0.15, 0.2) is 74.6 Å². The van der Waals surface area contributed by atoms with Crippen LogP contribution in [-0.2, 0) is 0 Å². The Hall–Kier alpha value is -2.99. The third kappa shape index (κ3) is 3.93. The van der Waals surface area contributed by atoms with E-state index in [1.54, 1.807) is 23.7 Å². The highest BCUT2D eigenvalue weighted by atomic mass is 32.1. The van der Waals surface area contributed by atoms with Crippen LogP contribution in [0.5, 0.6) is 0 Å². The van der Waals surface area contributed by atoms with E-state index >= 15 is 0 Å². The van der Waals surface area contributed by atoms with Gasteiger partial charge in [-0.2, -0.15) is 5.10 Å². The molecule has 0 atom stereocenters. The number of thiazole rings is 1. The lowest BCUT2D eigenvalue weighted by atomic mass is 9.96. The maximum Gasteiger partial charge on any atom is 0.206 e. The van der Waals surface area contributed by atoms with Gasteiger partial charge >= 0.3 is 0 Å². The van der Waals surface area contributed by atoms with Gasteiger partial charge in [-0.3, -0.25) is 9.98 Å². The fourth-order valence-electron chi connectivity index (χ4n) is 3.71. The fraction of sp³-hybridized carbons (Fsp3) is 0.261. The van der Waals surface area contributed by atoms with Crippen molar-refractivity contribution >= 4 is 28.5 Å². The number of pyridine rings is 1. The summed E-state index contributed by atoms with van der Waals surface area (Å²) in [7, 11) is 0. The number of furan rings is 1. The van der Waals surface area contributed by atoms with Crippen molar-refractivity contribution in [3.63, 3.8) is 0 Å². The number of fused-ring (bicyclic) bond motifs is 1. The summed E-state index contributed by atoms with van der Waals surface area (Å²) in [6.07, 6.45) is 9.69. The van der Waals surface area contributed by atoms with Crippen molar-refractivity contribution in [2.45, 2.75) is 38.1 Å². The lowest BCUT2D eigenvalue weighted by Gasteiger charge is -2.16. The maximum absolute atomic E-state index is 6.10. The summed E-state index contributed by atoms with van der Waals surface area (Å²) in [5, 5.41) is 7.90. The van der Waals surface area contributed by atoms with Crippen LogP contribution in [0.25, 0.3) is 22.4 Å². The van der Waals surface area contributed by atoms with Gasteiger partial charge in [-0.25, -0.2) is 4.68 Å². The first kappa shape index (κ1) is 18.1. The van der Waals surface area contributed by atoms with Crippen molar-refractivity contribution in [2.75, 3.05) is 0 Å². The highest BCUT2D eigenvalue weighted by molar-refractivity contribution is 7.07. The average Bonchev–Trinajstić information content (AvgIpc) is 3.37. The smallest absolute Gasteiger partial charge is 0.206 e. The van der Waals surface area contributed by atoms with Crippen LogP contribution < -0.4 is 4.80 Å². The number of hydrogen-bond acceptors (Lipinski definition) is 5. The summed E-state index contributed by atoms with van der Waals surface area (Å²) >= 11 is 1.61. The van der Waals surface area contributed by atoms with Crippen molar-refractivity contribution in [1.82, 2.24) is 9.66 Å². The van der Waals surface area contributed by atoms with Gasteiger partial charge in [0.2, 0.25) is 4.80 Å². The standard InChI is InChI=1S/C23H22N4OS/c1-2-9-18(10-3-1)26-23-27(25-15-19-11-6-7-13-24-19)20(16-29-23)22-14-17-8-4-5-12-21(17)28-22/h4-8,11-16,18H,1-3,9-10H2. The molecule has 1 saturated carbocycles. The van der Waals surface area contributed by atoms with E-state index in [4.69, 9.17) is 14.5 Å². The van der Waals surface area contributed by atoms with E-state index in [0.29, 0.717) is 6.04 Å². The summed E-state index contributed by atoms with van der Waals surface area (Å²) in [6.45, 7) is 0. The van der Waals surface area contributed by atoms with Crippen molar-refractivity contribution in [2.24, 2.45) is 10.1 Å². The van der Waals surface area contributed by atoms with Crippen LogP contribution in [0.1, 0.15) is 37.8 Å². The first-order valence-electron chi connectivity index (χ1n) is 10.1. The Bertz CT molecular complexity index is 1160. The van der Waals surface area contributed by atoms with E-state index in [2.05, 4.69) is 22.5 Å². The monoisotopic (exact) mass is 402 g/mol. The molecule has 3 aromatic heterocycles. The molecule has 5 nitrogen and oxygen atoms in total. The van der Waals surface area contributed by atoms with Gasteiger partial charge in [-0.05, 0) is 37.1 Å². The molecule has 0 amide bonds. The van der Waals surface area contributed by atoms with E-state index in [0.717, 1.165) is 45.8 Å². The topological polar surface area (TPSA) is 55.7 Å². The van der Waals surface area contributed by atoms with Gasteiger partial charge in [-0.15, -0.1) is 11.3 Å². The molecule has 0 aliphatic heterocycles. The highest BCUT2D eigenvalue weighted by Crippen LogP contribution is 2.28. The molecule has 1 fully saturated rings. The molecular formula is C23H22N4OS. The Balaban J connectivity index is 1.60. The second kappa shape index (κ2) is 8.17. The SMILES string of the molecule is C(=Nn1c(-c2cc3ccccc3o2)csc1=NC1CCCCC1)c1ccccn1. The third-order valence-electron chi connectivity index (χ3n) is 5.22. The minimum Gasteiger partial charge on any atom is -0.454 e. The third-order valence-corrected chi connectivity index (χ3v) is 6.05. The van der Waals surface area contributed by atoms with Crippen LogP contribution in [0, 0.1) is 0 Å². The minimum absolute atomic E-state index is 0.377. The van der Waals surface area contributed by atoms with Crippen LogP contribution in [0.2, 0.25) is 0 Å². The number of benzene rings is 1. The lowest BCUT2D eigenvalue weighted by molar-refractivity contribution is 0.435. The predicted molar refractivity (Wildman–Crippen MR) is 117 cm³/mol. The molecule has 0 saturated heterocycles. The fourth-order valence-corrected chi connectivity index (χ4v) is 4.60. The number of nitrogens with zero attached hydrogens (tertiary/aromatic N) is 4. The maximum atomic E-state index is 6.10. The van der Waals surface area contributed by atoms with Gasteiger partial charge in [0.1, 0.15) is 11.3 Å². The zero-order valence-corrected chi connectivity index (χ0v) is 16.9. The molecule has 5 rings (SSSR count). The van der Waals surface area contributed by atoms with E-state index in [1.165, 1.54) is 19.3 Å². The van der Waals surface area contributed by atoms with Crippen molar-refractivity contribution in [1.29, 1.82) is 0 Å². The molecule has 0 radical (unpaired) electrons. The Morgan fingerprint density at radius 3 is 2.76 bits per heavy atom. The first-order valence-corrected chi connectivity index (χ1v) is 10.9. The molecule has 1 aromatic carbocycles. The first-order chi connectivity index (χ1) is 14.4. The summed E-state index contributed by atoms with van der Waals surface area (Å²) in [5.41, 5.74) is 2.60. The van der Waals surface area contributed by atoms with Crippen molar-refractivity contribution in [3.8, 4) is 11.5 Å². The van der Waals surface area contributed by atoms with Crippen LogP contribution in [0.3, 0.4) is 0 Å².